The zero-order chi connectivity index (χ0) is 21.4. The van der Waals surface area contributed by atoms with Crippen LogP contribution in [0, 0.1) is 6.92 Å². The molecule has 7 heteroatoms. The summed E-state index contributed by atoms with van der Waals surface area (Å²) in [6, 6.07) is 5.47. The number of oxazole rings is 1. The predicted octanol–water partition coefficient (Wildman–Crippen LogP) is 4.95. The number of hydrogen-bond donors (Lipinski definition) is 1. The van der Waals surface area contributed by atoms with Crippen molar-refractivity contribution in [3.05, 3.63) is 51.6 Å². The molecule has 0 radical (unpaired) electrons. The first-order valence-corrected chi connectivity index (χ1v) is 10.8. The fourth-order valence-electron chi connectivity index (χ4n) is 4.46. The smallest absolute Gasteiger partial charge is 0.198 e. The summed E-state index contributed by atoms with van der Waals surface area (Å²) in [7, 11) is 0. The highest BCUT2D eigenvalue weighted by Crippen LogP contribution is 2.31. The number of nitrogens with zero attached hydrogens (tertiary/aromatic N) is 2. The maximum Gasteiger partial charge on any atom is 0.198 e. The summed E-state index contributed by atoms with van der Waals surface area (Å²) >= 11 is 6.04. The number of fused-ring (bicyclic) bond motifs is 1. The Kier molecular flexibility index (Phi) is 5.80. The number of Topliss-reactive ketones (excluding diaryl/α,β-unsaturated/α-hetero) is 2. The van der Waals surface area contributed by atoms with E-state index in [2.05, 4.69) is 14.9 Å². The van der Waals surface area contributed by atoms with E-state index in [9.17, 15) is 9.59 Å². The van der Waals surface area contributed by atoms with Crippen molar-refractivity contribution < 1.29 is 14.0 Å². The molecule has 30 heavy (non-hydrogen) atoms. The molecule has 1 fully saturated rings. The highest BCUT2D eigenvalue weighted by atomic mass is 35.5. The van der Waals surface area contributed by atoms with Crippen LogP contribution in [0.3, 0.4) is 0 Å². The maximum atomic E-state index is 13.0. The summed E-state index contributed by atoms with van der Waals surface area (Å²) in [5, 5.41) is 0.648. The lowest BCUT2D eigenvalue weighted by atomic mass is 9.96. The Labute approximate surface area is 180 Å². The van der Waals surface area contributed by atoms with Crippen molar-refractivity contribution in [2.75, 3.05) is 19.6 Å². The lowest BCUT2D eigenvalue weighted by Gasteiger charge is -2.29. The maximum absolute atomic E-state index is 13.0. The topological polar surface area (TPSA) is 79.2 Å². The number of likely N-dealkylation sites (tertiary alicyclic amines) is 1. The Bertz CT molecular complexity index is 1110. The number of aryl methyl sites for hydroxylation is 1. The first-order valence-electron chi connectivity index (χ1n) is 10.4. The van der Waals surface area contributed by atoms with Crippen LogP contribution in [0.2, 0.25) is 5.02 Å². The van der Waals surface area contributed by atoms with E-state index in [1.807, 2.05) is 26.0 Å². The van der Waals surface area contributed by atoms with E-state index in [-0.39, 0.29) is 17.5 Å². The van der Waals surface area contributed by atoms with Gasteiger partial charge >= 0.3 is 0 Å². The first-order chi connectivity index (χ1) is 14.4. The molecule has 1 aliphatic rings. The number of aromatic amines is 1. The normalized spacial score (nSPS) is 15.7. The largest absolute Gasteiger partial charge is 0.440 e. The van der Waals surface area contributed by atoms with Crippen LogP contribution in [-0.4, -0.2) is 46.1 Å². The van der Waals surface area contributed by atoms with Gasteiger partial charge < -0.3 is 9.40 Å². The number of rotatable bonds is 6. The molecule has 4 rings (SSSR count). The van der Waals surface area contributed by atoms with Gasteiger partial charge in [0.2, 0.25) is 0 Å². The van der Waals surface area contributed by atoms with Gasteiger partial charge in [0.15, 0.2) is 23.0 Å². The second kappa shape index (κ2) is 8.36. The average Bonchev–Trinajstić information content (AvgIpc) is 3.28. The zero-order valence-electron chi connectivity index (χ0n) is 17.5. The molecule has 6 nitrogen and oxygen atoms in total. The van der Waals surface area contributed by atoms with E-state index in [1.165, 1.54) is 0 Å². The molecule has 1 N–H and O–H groups in total. The van der Waals surface area contributed by atoms with Crippen molar-refractivity contribution in [1.82, 2.24) is 14.9 Å². The average molecular weight is 428 g/mol. The zero-order valence-corrected chi connectivity index (χ0v) is 18.3. The quantitative estimate of drug-likeness (QED) is 0.563. The van der Waals surface area contributed by atoms with Gasteiger partial charge in [-0.3, -0.25) is 14.5 Å². The summed E-state index contributed by atoms with van der Waals surface area (Å²) in [5.41, 5.74) is 4.39. The predicted molar refractivity (Wildman–Crippen MR) is 117 cm³/mol. The molecule has 158 valence electrons. The highest BCUT2D eigenvalue weighted by molar-refractivity contribution is 6.31. The highest BCUT2D eigenvalue weighted by Gasteiger charge is 2.28. The van der Waals surface area contributed by atoms with Crippen LogP contribution < -0.4 is 0 Å². The number of aromatic nitrogens is 2. The Morgan fingerprint density at radius 1 is 1.30 bits per heavy atom. The van der Waals surface area contributed by atoms with Gasteiger partial charge in [-0.25, -0.2) is 4.98 Å². The van der Waals surface area contributed by atoms with E-state index in [1.54, 1.807) is 13.0 Å². The third kappa shape index (κ3) is 3.94. The molecule has 0 aliphatic carbocycles. The minimum atomic E-state index is 0.0000801. The lowest BCUT2D eigenvalue weighted by Crippen LogP contribution is -2.37. The van der Waals surface area contributed by atoms with Crippen LogP contribution in [0.15, 0.2) is 22.6 Å². The number of H-pyrrole nitrogens is 1. The van der Waals surface area contributed by atoms with Crippen LogP contribution in [0.25, 0.3) is 11.1 Å². The standard InChI is InChI=1S/C23H26ClN3O3/c1-4-17-21(14(3)28)13(2)25-22(17)19(29)12-27-9-7-15(8-10-27)23-26-18-11-16(24)5-6-20(18)30-23/h5-6,11,15,25H,4,7-10,12H2,1-3H3. The molecule has 1 aliphatic heterocycles. The van der Waals surface area contributed by atoms with E-state index in [4.69, 9.17) is 16.0 Å². The second-order valence-electron chi connectivity index (χ2n) is 8.03. The summed E-state index contributed by atoms with van der Waals surface area (Å²) in [6.07, 6.45) is 2.43. The summed E-state index contributed by atoms with van der Waals surface area (Å²) in [6.45, 7) is 7.33. The number of benzene rings is 1. The van der Waals surface area contributed by atoms with Crippen molar-refractivity contribution in [3.8, 4) is 0 Å². The molecule has 3 aromatic rings. The molecule has 0 amide bonds. The molecular formula is C23H26ClN3O3. The van der Waals surface area contributed by atoms with E-state index in [0.29, 0.717) is 29.2 Å². The molecule has 3 heterocycles. The van der Waals surface area contributed by atoms with Crippen LogP contribution in [0.4, 0.5) is 0 Å². The second-order valence-corrected chi connectivity index (χ2v) is 8.46. The van der Waals surface area contributed by atoms with Gasteiger partial charge in [0, 0.05) is 22.2 Å². The van der Waals surface area contributed by atoms with Crippen molar-refractivity contribution in [2.45, 2.75) is 46.0 Å². The van der Waals surface area contributed by atoms with Gasteiger partial charge in [-0.2, -0.15) is 0 Å². The molecule has 1 saturated heterocycles. The molecule has 1 aromatic carbocycles. The van der Waals surface area contributed by atoms with Crippen molar-refractivity contribution in [3.63, 3.8) is 0 Å². The van der Waals surface area contributed by atoms with E-state index >= 15 is 0 Å². The number of halogens is 1. The Hall–Kier alpha value is -2.44. The number of ketones is 2. The number of carbonyl (C=O) groups is 2. The minimum Gasteiger partial charge on any atom is -0.440 e. The SMILES string of the molecule is CCc1c(C(=O)CN2CCC(c3nc4cc(Cl)ccc4o3)CC2)[nH]c(C)c1C(C)=O. The molecule has 0 saturated carbocycles. The van der Waals surface area contributed by atoms with Crippen molar-refractivity contribution in [2.24, 2.45) is 0 Å². The van der Waals surface area contributed by atoms with Gasteiger partial charge in [0.1, 0.15) is 5.52 Å². The number of carbonyl (C=O) groups excluding carboxylic acids is 2. The van der Waals surface area contributed by atoms with Crippen LogP contribution in [0.5, 0.6) is 0 Å². The molecule has 0 spiro atoms. The summed E-state index contributed by atoms with van der Waals surface area (Å²) in [5.74, 6) is 1.03. The van der Waals surface area contributed by atoms with Crippen LogP contribution in [0.1, 0.15) is 70.6 Å². The lowest BCUT2D eigenvalue weighted by molar-refractivity contribution is 0.0900. The van der Waals surface area contributed by atoms with Gasteiger partial charge in [-0.1, -0.05) is 18.5 Å². The fourth-order valence-corrected chi connectivity index (χ4v) is 4.62. The van der Waals surface area contributed by atoms with Crippen LogP contribution in [-0.2, 0) is 6.42 Å². The van der Waals surface area contributed by atoms with Gasteiger partial charge in [0.25, 0.3) is 0 Å². The Morgan fingerprint density at radius 3 is 2.70 bits per heavy atom. The van der Waals surface area contributed by atoms with Gasteiger partial charge in [-0.15, -0.1) is 0 Å². The molecule has 0 unspecified atom stereocenters. The monoisotopic (exact) mass is 427 g/mol. The van der Waals surface area contributed by atoms with Crippen molar-refractivity contribution >= 4 is 34.3 Å². The van der Waals surface area contributed by atoms with Gasteiger partial charge in [-0.05, 0) is 70.0 Å². The number of nitrogens with one attached hydrogen (secondary N) is 1. The Morgan fingerprint density at radius 2 is 2.03 bits per heavy atom. The Balaban J connectivity index is 1.41. The third-order valence-corrected chi connectivity index (χ3v) is 6.18. The molecular weight excluding hydrogens is 402 g/mol. The first kappa shape index (κ1) is 20.8. The summed E-state index contributed by atoms with van der Waals surface area (Å²) in [4.78, 5) is 34.8. The molecule has 0 atom stereocenters. The van der Waals surface area contributed by atoms with Gasteiger partial charge in [0.05, 0.1) is 12.2 Å². The molecule has 0 bridgehead atoms. The van der Waals surface area contributed by atoms with E-state index in [0.717, 1.165) is 54.2 Å². The number of piperidine rings is 1. The fraction of sp³-hybridized carbons (Fsp3) is 0.435. The minimum absolute atomic E-state index is 0.0000801. The van der Waals surface area contributed by atoms with E-state index < -0.39 is 0 Å². The number of hydrogen-bond acceptors (Lipinski definition) is 5. The molecule has 2 aromatic heterocycles. The van der Waals surface area contributed by atoms with Crippen LogP contribution >= 0.6 is 11.6 Å². The third-order valence-electron chi connectivity index (χ3n) is 5.95. The van der Waals surface area contributed by atoms with Crippen molar-refractivity contribution in [1.29, 1.82) is 0 Å². The summed E-state index contributed by atoms with van der Waals surface area (Å²) < 4.78 is 5.92.